The Morgan fingerprint density at radius 1 is 0.808 bits per heavy atom. The minimum Gasteiger partial charge on any atom is -0.340 e. The predicted molar refractivity (Wildman–Crippen MR) is 107 cm³/mol. The van der Waals surface area contributed by atoms with Crippen molar-refractivity contribution >= 4 is 5.91 Å². The van der Waals surface area contributed by atoms with E-state index in [1.807, 2.05) is 4.90 Å². The van der Waals surface area contributed by atoms with Crippen LogP contribution in [0, 0.1) is 0 Å². The molecular formula is C23H30N2O. The summed E-state index contributed by atoms with van der Waals surface area (Å²) >= 11 is 0. The molecule has 3 rings (SSSR count). The lowest BCUT2D eigenvalue weighted by Crippen LogP contribution is -2.48. The molecule has 1 fully saturated rings. The first-order valence-electron chi connectivity index (χ1n) is 9.86. The van der Waals surface area contributed by atoms with E-state index in [-0.39, 0.29) is 0 Å². The Hall–Kier alpha value is -2.13. The van der Waals surface area contributed by atoms with E-state index in [1.165, 1.54) is 23.1 Å². The molecule has 0 radical (unpaired) electrons. The van der Waals surface area contributed by atoms with Crippen molar-refractivity contribution in [1.29, 1.82) is 0 Å². The summed E-state index contributed by atoms with van der Waals surface area (Å²) in [4.78, 5) is 17.0. The van der Waals surface area contributed by atoms with Crippen molar-refractivity contribution in [3.8, 4) is 0 Å². The van der Waals surface area contributed by atoms with Gasteiger partial charge in [-0.25, -0.2) is 0 Å². The second-order valence-electron chi connectivity index (χ2n) is 7.21. The van der Waals surface area contributed by atoms with Crippen LogP contribution in [0.5, 0.6) is 0 Å². The summed E-state index contributed by atoms with van der Waals surface area (Å²) in [5.41, 5.74) is 4.00. The highest BCUT2D eigenvalue weighted by Crippen LogP contribution is 2.12. The fourth-order valence-electron chi connectivity index (χ4n) is 3.57. The zero-order chi connectivity index (χ0) is 18.2. The summed E-state index contributed by atoms with van der Waals surface area (Å²) < 4.78 is 0. The van der Waals surface area contributed by atoms with Crippen molar-refractivity contribution in [2.45, 2.75) is 39.2 Å². The van der Waals surface area contributed by atoms with E-state index in [0.717, 1.165) is 45.6 Å². The van der Waals surface area contributed by atoms with Crippen LogP contribution in [-0.4, -0.2) is 41.9 Å². The molecule has 1 aliphatic rings. The topological polar surface area (TPSA) is 23.6 Å². The molecule has 26 heavy (non-hydrogen) atoms. The van der Waals surface area contributed by atoms with Gasteiger partial charge in [0, 0.05) is 39.1 Å². The van der Waals surface area contributed by atoms with Gasteiger partial charge in [-0.2, -0.15) is 0 Å². The Morgan fingerprint density at radius 3 is 2.04 bits per heavy atom. The molecule has 0 spiro atoms. The first kappa shape index (κ1) is 18.7. The molecule has 0 saturated carbocycles. The summed E-state index contributed by atoms with van der Waals surface area (Å²) in [6.45, 7) is 6.81. The van der Waals surface area contributed by atoms with Gasteiger partial charge in [0.2, 0.25) is 5.91 Å². The summed E-state index contributed by atoms with van der Waals surface area (Å²) in [5, 5.41) is 0. The molecule has 0 atom stereocenters. The van der Waals surface area contributed by atoms with Crippen LogP contribution in [0.25, 0.3) is 0 Å². The zero-order valence-electron chi connectivity index (χ0n) is 15.9. The fourth-order valence-corrected chi connectivity index (χ4v) is 3.57. The van der Waals surface area contributed by atoms with Gasteiger partial charge in [-0.05, 0) is 29.5 Å². The molecule has 138 valence electrons. The van der Waals surface area contributed by atoms with Gasteiger partial charge in [0.15, 0.2) is 0 Å². The normalized spacial score (nSPS) is 15.2. The lowest BCUT2D eigenvalue weighted by atomic mass is 10.0. The van der Waals surface area contributed by atoms with E-state index in [2.05, 4.69) is 66.4 Å². The van der Waals surface area contributed by atoms with Crippen molar-refractivity contribution in [3.05, 3.63) is 71.3 Å². The van der Waals surface area contributed by atoms with Gasteiger partial charge in [0.05, 0.1) is 0 Å². The minimum absolute atomic E-state index is 0.294. The number of hydrogen-bond acceptors (Lipinski definition) is 2. The Bertz CT molecular complexity index is 673. The maximum atomic E-state index is 12.5. The third-order valence-electron chi connectivity index (χ3n) is 5.16. The van der Waals surface area contributed by atoms with Crippen LogP contribution >= 0.6 is 0 Å². The molecule has 1 amide bonds. The van der Waals surface area contributed by atoms with Crippen molar-refractivity contribution in [2.75, 3.05) is 26.2 Å². The van der Waals surface area contributed by atoms with Crippen LogP contribution in [-0.2, 0) is 24.2 Å². The number of amides is 1. The van der Waals surface area contributed by atoms with Crippen LogP contribution in [0.4, 0.5) is 0 Å². The first-order chi connectivity index (χ1) is 12.7. The third-order valence-corrected chi connectivity index (χ3v) is 5.16. The van der Waals surface area contributed by atoms with E-state index in [9.17, 15) is 4.79 Å². The highest BCUT2D eigenvalue weighted by Gasteiger charge is 2.20. The molecule has 1 heterocycles. The molecule has 3 heteroatoms. The molecule has 1 aliphatic heterocycles. The highest BCUT2D eigenvalue weighted by molar-refractivity contribution is 5.76. The molecule has 2 aromatic carbocycles. The summed E-state index contributed by atoms with van der Waals surface area (Å²) in [6, 6.07) is 19.3. The summed E-state index contributed by atoms with van der Waals surface area (Å²) in [6.07, 6.45) is 3.77. The maximum Gasteiger partial charge on any atom is 0.222 e. The lowest BCUT2D eigenvalue weighted by Gasteiger charge is -2.34. The van der Waals surface area contributed by atoms with E-state index < -0.39 is 0 Å². The minimum atomic E-state index is 0.294. The molecule has 0 aromatic heterocycles. The van der Waals surface area contributed by atoms with Gasteiger partial charge in [0.1, 0.15) is 0 Å². The lowest BCUT2D eigenvalue weighted by molar-refractivity contribution is -0.133. The second kappa shape index (κ2) is 9.54. The molecule has 2 aromatic rings. The Morgan fingerprint density at radius 2 is 1.42 bits per heavy atom. The average Bonchev–Trinajstić information content (AvgIpc) is 2.69. The van der Waals surface area contributed by atoms with Crippen LogP contribution in [0.2, 0.25) is 0 Å². The van der Waals surface area contributed by atoms with Gasteiger partial charge in [-0.15, -0.1) is 0 Å². The Balaban J connectivity index is 1.40. The van der Waals surface area contributed by atoms with Gasteiger partial charge in [0.25, 0.3) is 0 Å². The molecular weight excluding hydrogens is 320 g/mol. The number of piperazine rings is 1. The van der Waals surface area contributed by atoms with Crippen molar-refractivity contribution in [3.63, 3.8) is 0 Å². The number of rotatable bonds is 7. The average molecular weight is 351 g/mol. The van der Waals surface area contributed by atoms with Crippen LogP contribution in [0.3, 0.4) is 0 Å². The van der Waals surface area contributed by atoms with Crippen LogP contribution in [0.15, 0.2) is 54.6 Å². The largest absolute Gasteiger partial charge is 0.340 e. The van der Waals surface area contributed by atoms with Gasteiger partial charge < -0.3 is 4.90 Å². The van der Waals surface area contributed by atoms with E-state index in [0.29, 0.717) is 12.3 Å². The Kier molecular flexibility index (Phi) is 6.84. The van der Waals surface area contributed by atoms with Crippen molar-refractivity contribution in [2.24, 2.45) is 0 Å². The van der Waals surface area contributed by atoms with Gasteiger partial charge in [-0.3, -0.25) is 9.69 Å². The SMILES string of the molecule is CCCc1ccc(CCC(=O)N2CCN(Cc3ccccc3)CC2)cc1. The number of carbonyl (C=O) groups excluding carboxylic acids is 1. The highest BCUT2D eigenvalue weighted by atomic mass is 16.2. The van der Waals surface area contributed by atoms with Gasteiger partial charge in [-0.1, -0.05) is 67.9 Å². The van der Waals surface area contributed by atoms with E-state index in [4.69, 9.17) is 0 Å². The second-order valence-corrected chi connectivity index (χ2v) is 7.21. The fraction of sp³-hybridized carbons (Fsp3) is 0.435. The van der Waals surface area contributed by atoms with E-state index >= 15 is 0 Å². The monoisotopic (exact) mass is 350 g/mol. The Labute approximate surface area is 157 Å². The zero-order valence-corrected chi connectivity index (χ0v) is 15.9. The summed E-state index contributed by atoms with van der Waals surface area (Å²) in [7, 11) is 0. The molecule has 1 saturated heterocycles. The quantitative estimate of drug-likeness (QED) is 0.756. The molecule has 0 aliphatic carbocycles. The molecule has 3 nitrogen and oxygen atoms in total. The molecule has 0 unspecified atom stereocenters. The standard InChI is InChI=1S/C23H30N2O/c1-2-6-20-9-11-21(12-10-20)13-14-23(26)25-17-15-24(16-18-25)19-22-7-4-3-5-8-22/h3-5,7-12H,2,6,13-19H2,1H3. The maximum absolute atomic E-state index is 12.5. The first-order valence-corrected chi connectivity index (χ1v) is 9.86. The van der Waals surface area contributed by atoms with E-state index in [1.54, 1.807) is 0 Å². The van der Waals surface area contributed by atoms with Gasteiger partial charge >= 0.3 is 0 Å². The predicted octanol–water partition coefficient (Wildman–Crippen LogP) is 3.92. The number of carbonyl (C=O) groups is 1. The smallest absolute Gasteiger partial charge is 0.222 e. The number of hydrogen-bond donors (Lipinski definition) is 0. The van der Waals surface area contributed by atoms with Crippen LogP contribution < -0.4 is 0 Å². The molecule has 0 bridgehead atoms. The number of aryl methyl sites for hydroxylation is 2. The number of nitrogens with zero attached hydrogens (tertiary/aromatic N) is 2. The van der Waals surface area contributed by atoms with Crippen LogP contribution in [0.1, 0.15) is 36.5 Å². The summed E-state index contributed by atoms with van der Waals surface area (Å²) in [5.74, 6) is 0.294. The third kappa shape index (κ3) is 5.43. The number of benzene rings is 2. The van der Waals surface area contributed by atoms with Crippen molar-refractivity contribution < 1.29 is 4.79 Å². The van der Waals surface area contributed by atoms with Crippen molar-refractivity contribution in [1.82, 2.24) is 9.80 Å². The molecule has 0 N–H and O–H groups in total.